The molecule has 0 fully saturated rings. The summed E-state index contributed by atoms with van der Waals surface area (Å²) in [6.07, 6.45) is 0.178. The second-order valence-corrected chi connectivity index (χ2v) is 4.69. The molecule has 1 aromatic heterocycles. The zero-order chi connectivity index (χ0) is 13.2. The summed E-state index contributed by atoms with van der Waals surface area (Å²) in [6, 6.07) is 0. The lowest BCUT2D eigenvalue weighted by atomic mass is 10.2. The Bertz CT molecular complexity index is 434. The second kappa shape index (κ2) is 4.83. The Morgan fingerprint density at radius 3 is 2.65 bits per heavy atom. The van der Waals surface area contributed by atoms with Gasteiger partial charge in [-0.1, -0.05) is 0 Å². The highest BCUT2D eigenvalue weighted by atomic mass is 35.5. The zero-order valence-corrected chi connectivity index (χ0v) is 10.7. The fourth-order valence-electron chi connectivity index (χ4n) is 0.989. The number of carbonyl (C=O) groups excluding carboxylic acids is 1. The van der Waals surface area contributed by atoms with Crippen LogP contribution in [0.1, 0.15) is 20.8 Å². The lowest BCUT2D eigenvalue weighted by Gasteiger charge is -2.24. The maximum Gasteiger partial charge on any atom is 0.415 e. The van der Waals surface area contributed by atoms with E-state index in [0.717, 1.165) is 11.1 Å². The summed E-state index contributed by atoms with van der Waals surface area (Å²) >= 11 is 5.53. The average Bonchev–Trinajstić information content (AvgIpc) is 2.18. The quantitative estimate of drug-likeness (QED) is 0.729. The van der Waals surface area contributed by atoms with Crippen molar-refractivity contribution in [1.29, 1.82) is 0 Å². The minimum absolute atomic E-state index is 0.142. The number of amides is 1. The van der Waals surface area contributed by atoms with E-state index >= 15 is 0 Å². The molecule has 0 saturated carbocycles. The summed E-state index contributed by atoms with van der Waals surface area (Å²) in [5.74, 6) is -0.970. The van der Waals surface area contributed by atoms with Crippen LogP contribution in [0.4, 0.5) is 15.0 Å². The van der Waals surface area contributed by atoms with Crippen LogP contribution in [0, 0.1) is 5.82 Å². The van der Waals surface area contributed by atoms with Crippen LogP contribution in [0.25, 0.3) is 0 Å². The van der Waals surface area contributed by atoms with Gasteiger partial charge in [-0.25, -0.2) is 14.2 Å². The number of carbonyl (C=O) groups is 1. The van der Waals surface area contributed by atoms with Crippen molar-refractivity contribution in [2.45, 2.75) is 26.4 Å². The minimum Gasteiger partial charge on any atom is -0.443 e. The first kappa shape index (κ1) is 13.6. The van der Waals surface area contributed by atoms with Crippen LogP contribution in [0.3, 0.4) is 0 Å². The van der Waals surface area contributed by atoms with Crippen LogP contribution < -0.4 is 4.90 Å². The molecule has 5 nitrogen and oxygen atoms in total. The van der Waals surface area contributed by atoms with Crippen LogP contribution in [0.5, 0.6) is 0 Å². The van der Waals surface area contributed by atoms with E-state index in [1.54, 1.807) is 20.8 Å². The number of hydrogen-bond acceptors (Lipinski definition) is 4. The lowest BCUT2D eigenvalue weighted by molar-refractivity contribution is 0.0587. The molecule has 0 aliphatic heterocycles. The van der Waals surface area contributed by atoms with Gasteiger partial charge in [-0.05, 0) is 32.4 Å². The molecule has 0 saturated heterocycles. The molecule has 0 spiro atoms. The molecule has 94 valence electrons. The Morgan fingerprint density at radius 1 is 1.53 bits per heavy atom. The fourth-order valence-corrected chi connectivity index (χ4v) is 1.12. The third kappa shape index (κ3) is 3.81. The third-order valence-corrected chi connectivity index (χ3v) is 1.86. The minimum atomic E-state index is -0.747. The Hall–Kier alpha value is -1.43. The average molecular weight is 262 g/mol. The molecule has 0 N–H and O–H groups in total. The van der Waals surface area contributed by atoms with E-state index in [4.69, 9.17) is 16.3 Å². The molecule has 0 aromatic carbocycles. The predicted octanol–water partition coefficient (Wildman–Crippen LogP) is 2.64. The molecular weight excluding hydrogens is 249 g/mol. The molecule has 1 amide bonds. The normalized spacial score (nSPS) is 11.2. The number of rotatable bonds is 1. The number of halogens is 2. The van der Waals surface area contributed by atoms with Gasteiger partial charge in [0.05, 0.1) is 6.20 Å². The van der Waals surface area contributed by atoms with Gasteiger partial charge in [0, 0.05) is 7.05 Å². The van der Waals surface area contributed by atoms with E-state index in [0.29, 0.717) is 0 Å². The Labute approximate surface area is 104 Å². The van der Waals surface area contributed by atoms with E-state index in [1.165, 1.54) is 7.05 Å². The lowest BCUT2D eigenvalue weighted by Crippen LogP contribution is -2.35. The molecule has 0 aliphatic carbocycles. The molecule has 1 aromatic rings. The van der Waals surface area contributed by atoms with Gasteiger partial charge in [0.25, 0.3) is 0 Å². The van der Waals surface area contributed by atoms with Crippen molar-refractivity contribution in [2.75, 3.05) is 11.9 Å². The number of anilines is 1. The van der Waals surface area contributed by atoms with Gasteiger partial charge in [-0.15, -0.1) is 0 Å². The number of hydrogen-bond donors (Lipinski definition) is 0. The Kier molecular flexibility index (Phi) is 3.87. The molecule has 17 heavy (non-hydrogen) atoms. The van der Waals surface area contributed by atoms with Crippen molar-refractivity contribution in [2.24, 2.45) is 0 Å². The number of ether oxygens (including phenoxy) is 1. The molecule has 0 unspecified atom stereocenters. The van der Waals surface area contributed by atoms with Gasteiger partial charge in [0.2, 0.25) is 5.28 Å². The first-order valence-corrected chi connectivity index (χ1v) is 5.23. The number of aromatic nitrogens is 2. The highest BCUT2D eigenvalue weighted by molar-refractivity contribution is 6.28. The van der Waals surface area contributed by atoms with Gasteiger partial charge < -0.3 is 4.74 Å². The van der Waals surface area contributed by atoms with Crippen molar-refractivity contribution in [3.8, 4) is 0 Å². The van der Waals surface area contributed by atoms with E-state index in [2.05, 4.69) is 9.97 Å². The summed E-state index contributed by atoms with van der Waals surface area (Å²) in [4.78, 5) is 19.7. The van der Waals surface area contributed by atoms with E-state index < -0.39 is 17.5 Å². The van der Waals surface area contributed by atoms with Gasteiger partial charge in [-0.2, -0.15) is 4.98 Å². The first-order valence-electron chi connectivity index (χ1n) is 4.85. The smallest absolute Gasteiger partial charge is 0.415 e. The van der Waals surface area contributed by atoms with Gasteiger partial charge in [0.1, 0.15) is 5.60 Å². The summed E-state index contributed by atoms with van der Waals surface area (Å²) in [5, 5.41) is -0.142. The molecule has 0 atom stereocenters. The summed E-state index contributed by atoms with van der Waals surface area (Å²) in [7, 11) is 1.34. The predicted molar refractivity (Wildman–Crippen MR) is 61.6 cm³/mol. The standard InChI is InChI=1S/C10H13ClFN3O2/c1-10(2,3)17-9(16)15(4)7-6(12)5-13-8(11)14-7/h5H,1-4H3. The monoisotopic (exact) mass is 261 g/mol. The van der Waals surface area contributed by atoms with Gasteiger partial charge in [-0.3, -0.25) is 4.90 Å². The van der Waals surface area contributed by atoms with Gasteiger partial charge >= 0.3 is 6.09 Å². The Morgan fingerprint density at radius 2 is 2.12 bits per heavy atom. The highest BCUT2D eigenvalue weighted by Gasteiger charge is 2.23. The molecule has 7 heteroatoms. The Balaban J connectivity index is 2.92. The SMILES string of the molecule is CN(C(=O)OC(C)(C)C)c1nc(Cl)ncc1F. The molecule has 1 heterocycles. The van der Waals surface area contributed by atoms with Crippen molar-refractivity contribution in [3.05, 3.63) is 17.3 Å². The van der Waals surface area contributed by atoms with Crippen LogP contribution in [0.15, 0.2) is 6.20 Å². The molecular formula is C10H13ClFN3O2. The second-order valence-electron chi connectivity index (χ2n) is 4.35. The van der Waals surface area contributed by atoms with E-state index in [-0.39, 0.29) is 11.1 Å². The zero-order valence-electron chi connectivity index (χ0n) is 9.99. The first-order chi connectivity index (χ1) is 7.70. The van der Waals surface area contributed by atoms with E-state index in [9.17, 15) is 9.18 Å². The molecule has 0 radical (unpaired) electrons. The maximum atomic E-state index is 13.4. The topological polar surface area (TPSA) is 55.3 Å². The van der Waals surface area contributed by atoms with Crippen LogP contribution in [-0.2, 0) is 4.74 Å². The van der Waals surface area contributed by atoms with Crippen LogP contribution >= 0.6 is 11.6 Å². The molecule has 0 aliphatic rings. The summed E-state index contributed by atoms with van der Waals surface area (Å²) in [5.41, 5.74) is -0.668. The van der Waals surface area contributed by atoms with E-state index in [1.807, 2.05) is 0 Å². The highest BCUT2D eigenvalue weighted by Crippen LogP contribution is 2.18. The number of nitrogens with zero attached hydrogens (tertiary/aromatic N) is 3. The van der Waals surface area contributed by atoms with Crippen LogP contribution in [0.2, 0.25) is 5.28 Å². The maximum absolute atomic E-state index is 13.4. The van der Waals surface area contributed by atoms with Crippen molar-refractivity contribution in [1.82, 2.24) is 9.97 Å². The van der Waals surface area contributed by atoms with Crippen molar-refractivity contribution >= 4 is 23.5 Å². The van der Waals surface area contributed by atoms with Gasteiger partial charge in [0.15, 0.2) is 11.6 Å². The third-order valence-electron chi connectivity index (χ3n) is 1.68. The summed E-state index contributed by atoms with van der Waals surface area (Å²) < 4.78 is 18.4. The van der Waals surface area contributed by atoms with Crippen LogP contribution in [-0.4, -0.2) is 28.7 Å². The largest absolute Gasteiger partial charge is 0.443 e. The van der Waals surface area contributed by atoms with Crippen molar-refractivity contribution in [3.63, 3.8) is 0 Å². The van der Waals surface area contributed by atoms with Crippen molar-refractivity contribution < 1.29 is 13.9 Å². The summed E-state index contributed by atoms with van der Waals surface area (Å²) in [6.45, 7) is 5.13. The molecule has 0 bridgehead atoms. The molecule has 1 rings (SSSR count). The fraction of sp³-hybridized carbons (Fsp3) is 0.500.